The molecule has 0 aliphatic rings. The maximum atomic E-state index is 9.75. The Kier molecular flexibility index (Phi) is 8.50. The van der Waals surface area contributed by atoms with Gasteiger partial charge in [0.05, 0.1) is 0 Å². The minimum atomic E-state index is -6.00. The molecule has 1 heterocycles. The first-order chi connectivity index (χ1) is 7.00. The Morgan fingerprint density at radius 3 is 0.875 bits per heavy atom. The summed E-state index contributed by atoms with van der Waals surface area (Å²) in [6, 6.07) is 5.72. The van der Waals surface area contributed by atoms with Crippen molar-refractivity contribution in [1.29, 1.82) is 0 Å². The minimum absolute atomic E-state index is 1.75. The van der Waals surface area contributed by atoms with Crippen molar-refractivity contribution in [2.75, 3.05) is 0 Å². The third-order valence-electron chi connectivity index (χ3n) is 0.566. The van der Waals surface area contributed by atoms with Crippen LogP contribution in [0.2, 0.25) is 0 Å². The molecular formula is C5H5B2F8N-2. The molecule has 0 spiro atoms. The molecule has 11 heteroatoms. The summed E-state index contributed by atoms with van der Waals surface area (Å²) in [5.41, 5.74) is 0. The van der Waals surface area contributed by atoms with E-state index in [2.05, 4.69) is 4.98 Å². The van der Waals surface area contributed by atoms with E-state index in [1.807, 2.05) is 18.2 Å². The van der Waals surface area contributed by atoms with Crippen molar-refractivity contribution in [2.24, 2.45) is 0 Å². The summed E-state index contributed by atoms with van der Waals surface area (Å²) in [5.74, 6) is 0. The number of nitrogens with zero attached hydrogens (tertiary/aromatic N) is 1. The molecule has 1 rings (SSSR count). The first-order valence-corrected chi connectivity index (χ1v) is 3.60. The highest BCUT2D eigenvalue weighted by molar-refractivity contribution is 6.50. The van der Waals surface area contributed by atoms with Gasteiger partial charge < -0.3 is 34.5 Å². The average molecular weight is 253 g/mol. The number of aromatic nitrogens is 1. The molecule has 1 nitrogen and oxygen atoms in total. The largest absolute Gasteiger partial charge is 0.673 e. The Balaban J connectivity index is 0. The van der Waals surface area contributed by atoms with Gasteiger partial charge in [0.2, 0.25) is 0 Å². The van der Waals surface area contributed by atoms with Gasteiger partial charge >= 0.3 is 14.5 Å². The maximum Gasteiger partial charge on any atom is 0.673 e. The fourth-order valence-electron chi connectivity index (χ4n) is 0.313. The molecule has 0 aromatic carbocycles. The summed E-state index contributed by atoms with van der Waals surface area (Å²) in [6.45, 7) is 0. The van der Waals surface area contributed by atoms with Crippen LogP contribution in [0.25, 0.3) is 0 Å². The van der Waals surface area contributed by atoms with Crippen molar-refractivity contribution in [1.82, 2.24) is 4.98 Å². The van der Waals surface area contributed by atoms with Crippen LogP contribution < -0.4 is 0 Å². The molecule has 0 saturated heterocycles. The second kappa shape index (κ2) is 7.94. The van der Waals surface area contributed by atoms with Gasteiger partial charge in [-0.3, -0.25) is 4.98 Å². The molecule has 0 saturated carbocycles. The fourth-order valence-corrected chi connectivity index (χ4v) is 0.313. The van der Waals surface area contributed by atoms with Crippen LogP contribution in [-0.2, 0) is 0 Å². The highest BCUT2D eigenvalue weighted by Gasteiger charge is 2.21. The van der Waals surface area contributed by atoms with E-state index >= 15 is 0 Å². The Labute approximate surface area is 85.7 Å². The van der Waals surface area contributed by atoms with E-state index in [1.54, 1.807) is 12.4 Å². The molecule has 1 aromatic heterocycles. The van der Waals surface area contributed by atoms with E-state index in [9.17, 15) is 34.5 Å². The zero-order valence-electron chi connectivity index (χ0n) is 7.51. The van der Waals surface area contributed by atoms with E-state index in [1.165, 1.54) is 0 Å². The Hall–Kier alpha value is -1.28. The zero-order chi connectivity index (χ0) is 13.2. The van der Waals surface area contributed by atoms with Crippen LogP contribution in [-0.4, -0.2) is 19.5 Å². The van der Waals surface area contributed by atoms with Crippen molar-refractivity contribution in [3.05, 3.63) is 30.6 Å². The van der Waals surface area contributed by atoms with Crippen LogP contribution in [0, 0.1) is 0 Å². The molecule has 0 N–H and O–H groups in total. The molecule has 0 unspecified atom stereocenters. The lowest BCUT2D eigenvalue weighted by atomic mass is 10.3. The lowest BCUT2D eigenvalue weighted by molar-refractivity contribution is 0.366. The van der Waals surface area contributed by atoms with Crippen molar-refractivity contribution in [3.63, 3.8) is 0 Å². The van der Waals surface area contributed by atoms with Gasteiger partial charge in [0, 0.05) is 12.4 Å². The maximum absolute atomic E-state index is 9.75. The van der Waals surface area contributed by atoms with Crippen LogP contribution in [0.5, 0.6) is 0 Å². The smallest absolute Gasteiger partial charge is 0.418 e. The topological polar surface area (TPSA) is 12.9 Å². The van der Waals surface area contributed by atoms with Gasteiger partial charge in [-0.05, 0) is 12.1 Å². The molecule has 0 aliphatic carbocycles. The van der Waals surface area contributed by atoms with Crippen molar-refractivity contribution in [2.45, 2.75) is 0 Å². The van der Waals surface area contributed by atoms with E-state index in [0.29, 0.717) is 0 Å². The molecular weight excluding hydrogens is 248 g/mol. The molecule has 94 valence electrons. The highest BCUT2D eigenvalue weighted by Crippen LogP contribution is 2.07. The van der Waals surface area contributed by atoms with E-state index in [-0.39, 0.29) is 0 Å². The lowest BCUT2D eigenvalue weighted by Gasteiger charge is -1.94. The number of hydrogen-bond acceptors (Lipinski definition) is 1. The van der Waals surface area contributed by atoms with Crippen LogP contribution in [0.3, 0.4) is 0 Å². The van der Waals surface area contributed by atoms with Gasteiger partial charge in [-0.2, -0.15) is 0 Å². The molecule has 1 aromatic rings. The summed E-state index contributed by atoms with van der Waals surface area (Å²) in [6.07, 6.45) is 3.50. The molecule has 0 aliphatic heterocycles. The van der Waals surface area contributed by atoms with E-state index < -0.39 is 14.5 Å². The van der Waals surface area contributed by atoms with E-state index in [4.69, 9.17) is 0 Å². The quantitative estimate of drug-likeness (QED) is 0.507. The molecule has 0 radical (unpaired) electrons. The summed E-state index contributed by atoms with van der Waals surface area (Å²) in [5, 5.41) is 0. The molecule has 16 heavy (non-hydrogen) atoms. The summed E-state index contributed by atoms with van der Waals surface area (Å²) in [4.78, 5) is 3.78. The Bertz CT molecular complexity index is 196. The number of pyridine rings is 1. The van der Waals surface area contributed by atoms with Crippen LogP contribution in [0.4, 0.5) is 34.5 Å². The SMILES string of the molecule is F[B-](F)(F)F.F[B-](F)(F)F.c1ccncc1. The average Bonchev–Trinajstić information content (AvgIpc) is 2.01. The molecule has 0 atom stereocenters. The minimum Gasteiger partial charge on any atom is -0.418 e. The van der Waals surface area contributed by atoms with Gasteiger partial charge in [0.15, 0.2) is 0 Å². The fraction of sp³-hybridized carbons (Fsp3) is 0. The first-order valence-electron chi connectivity index (χ1n) is 3.60. The Morgan fingerprint density at radius 1 is 0.562 bits per heavy atom. The molecule has 0 amide bonds. The van der Waals surface area contributed by atoms with Crippen LogP contribution >= 0.6 is 0 Å². The predicted octanol–water partition coefficient (Wildman–Crippen LogP) is 3.68. The number of hydrogen-bond donors (Lipinski definition) is 0. The predicted molar refractivity (Wildman–Crippen MR) is 44.6 cm³/mol. The molecule has 0 bridgehead atoms. The van der Waals surface area contributed by atoms with E-state index in [0.717, 1.165) is 0 Å². The van der Waals surface area contributed by atoms with Gasteiger partial charge in [-0.15, -0.1) is 0 Å². The summed E-state index contributed by atoms with van der Waals surface area (Å²) in [7, 11) is -12.0. The third kappa shape index (κ3) is 78.4. The van der Waals surface area contributed by atoms with Gasteiger partial charge in [0.1, 0.15) is 0 Å². The first kappa shape index (κ1) is 17.1. The van der Waals surface area contributed by atoms with Crippen molar-refractivity contribution in [3.8, 4) is 0 Å². The monoisotopic (exact) mass is 253 g/mol. The number of halogens is 8. The normalized spacial score (nSPS) is 10.5. The van der Waals surface area contributed by atoms with Crippen LogP contribution in [0.1, 0.15) is 0 Å². The zero-order valence-corrected chi connectivity index (χ0v) is 7.51. The molecule has 0 fully saturated rings. The highest BCUT2D eigenvalue weighted by atomic mass is 19.5. The standard InChI is InChI=1S/C5H5N.2BF4/c1-2-4-6-5-3-1;2*2-1(3,4)5/h1-5H;;/q;2*-1. The number of rotatable bonds is 0. The summed E-state index contributed by atoms with van der Waals surface area (Å²) < 4.78 is 78.0. The van der Waals surface area contributed by atoms with Gasteiger partial charge in [-0.25, -0.2) is 0 Å². The van der Waals surface area contributed by atoms with Crippen molar-refractivity contribution >= 4 is 14.5 Å². The second-order valence-corrected chi connectivity index (χ2v) is 2.01. The summed E-state index contributed by atoms with van der Waals surface area (Å²) >= 11 is 0. The van der Waals surface area contributed by atoms with Crippen LogP contribution in [0.15, 0.2) is 30.6 Å². The lowest BCUT2D eigenvalue weighted by Crippen LogP contribution is -2.02. The third-order valence-corrected chi connectivity index (χ3v) is 0.566. The Morgan fingerprint density at radius 2 is 0.812 bits per heavy atom. The van der Waals surface area contributed by atoms with Gasteiger partial charge in [-0.1, -0.05) is 6.07 Å². The van der Waals surface area contributed by atoms with Gasteiger partial charge in [0.25, 0.3) is 0 Å². The van der Waals surface area contributed by atoms with Crippen molar-refractivity contribution < 1.29 is 34.5 Å². The second-order valence-electron chi connectivity index (χ2n) is 2.01.